The van der Waals surface area contributed by atoms with E-state index in [4.69, 9.17) is 27.7 Å². The lowest BCUT2D eigenvalue weighted by Gasteiger charge is -2.44. The van der Waals surface area contributed by atoms with Gasteiger partial charge in [0.1, 0.15) is 0 Å². The molecule has 2 aromatic rings. The smallest absolute Gasteiger partial charge is 0.179 e. The van der Waals surface area contributed by atoms with Crippen LogP contribution in [-0.2, 0) is 0 Å². The first-order valence-electron chi connectivity index (χ1n) is 6.94. The van der Waals surface area contributed by atoms with Crippen molar-refractivity contribution in [1.82, 2.24) is 10.1 Å². The highest BCUT2D eigenvalue weighted by Crippen LogP contribution is 2.35. The molecule has 1 aromatic heterocycles. The minimum atomic E-state index is 0. The zero-order chi connectivity index (χ0) is 13.7. The fraction of sp³-hybridized carbons (Fsp3) is 0.500. The van der Waals surface area contributed by atoms with Crippen LogP contribution in [0.2, 0.25) is 10.0 Å². The highest BCUT2D eigenvalue weighted by atomic mass is 35.5. The number of aromatic nitrogens is 1. The molecule has 7 heteroatoms. The number of nitrogens with one attached hydrogen (secondary N) is 1. The monoisotopic (exact) mass is 347 g/mol. The molecule has 0 saturated carbocycles. The summed E-state index contributed by atoms with van der Waals surface area (Å²) in [5.74, 6) is 1.46. The Hall–Kier alpha value is -0.680. The molecule has 1 aromatic carbocycles. The second-order valence-corrected chi connectivity index (χ2v) is 6.52. The second kappa shape index (κ2) is 5.84. The predicted octanol–water partition coefficient (Wildman–Crippen LogP) is 4.06. The molecule has 0 amide bonds. The molecule has 2 bridgehead atoms. The number of halogens is 3. The molecule has 21 heavy (non-hydrogen) atoms. The van der Waals surface area contributed by atoms with Gasteiger partial charge in [-0.1, -0.05) is 28.4 Å². The van der Waals surface area contributed by atoms with Gasteiger partial charge in [0.25, 0.3) is 0 Å². The molecule has 3 saturated heterocycles. The van der Waals surface area contributed by atoms with Gasteiger partial charge in [0.2, 0.25) is 0 Å². The maximum atomic E-state index is 6.27. The summed E-state index contributed by atoms with van der Waals surface area (Å²) in [6.45, 7) is 3.52. The molecule has 1 atom stereocenters. The predicted molar refractivity (Wildman–Crippen MR) is 87.9 cm³/mol. The van der Waals surface area contributed by atoms with Gasteiger partial charge in [-0.2, -0.15) is 0 Å². The SMILES string of the molecule is Cl.Clc1cc(Cl)c2c(N[C@H]3CN4CCC3CC4)noc2c1. The van der Waals surface area contributed by atoms with Crippen LogP contribution in [0.4, 0.5) is 5.82 Å². The van der Waals surface area contributed by atoms with Crippen molar-refractivity contribution in [1.29, 1.82) is 0 Å². The summed E-state index contributed by atoms with van der Waals surface area (Å²) in [4.78, 5) is 2.50. The van der Waals surface area contributed by atoms with Crippen molar-refractivity contribution >= 4 is 52.4 Å². The third-order valence-corrected chi connectivity index (χ3v) is 4.99. The highest BCUT2D eigenvalue weighted by Gasteiger charge is 2.34. The summed E-state index contributed by atoms with van der Waals surface area (Å²) in [6, 6.07) is 3.90. The lowest BCUT2D eigenvalue weighted by atomic mass is 9.84. The number of fused-ring (bicyclic) bond motifs is 4. The lowest BCUT2D eigenvalue weighted by Crippen LogP contribution is -2.53. The quantitative estimate of drug-likeness (QED) is 0.888. The molecule has 0 radical (unpaired) electrons. The first-order valence-corrected chi connectivity index (χ1v) is 7.69. The molecule has 3 aliphatic rings. The molecule has 3 aliphatic heterocycles. The standard InChI is InChI=1S/C14H15Cl2N3O.ClH/c15-9-5-10(16)13-12(6-9)20-18-14(13)17-11-7-19-3-1-8(11)2-4-19;/h5-6,8,11H,1-4,7H2,(H,17,18);1H/t11-;/m0./s1. The van der Waals surface area contributed by atoms with Crippen LogP contribution >= 0.6 is 35.6 Å². The van der Waals surface area contributed by atoms with Gasteiger partial charge < -0.3 is 14.7 Å². The number of hydrogen-bond acceptors (Lipinski definition) is 4. The van der Waals surface area contributed by atoms with Gasteiger partial charge in [-0.05, 0) is 37.9 Å². The fourth-order valence-electron chi connectivity index (χ4n) is 3.40. The van der Waals surface area contributed by atoms with Gasteiger partial charge in [-0.25, -0.2) is 0 Å². The molecular formula is C14H16Cl3N3O. The van der Waals surface area contributed by atoms with Crippen molar-refractivity contribution < 1.29 is 4.52 Å². The molecule has 5 rings (SSSR count). The van der Waals surface area contributed by atoms with E-state index < -0.39 is 0 Å². The third-order valence-electron chi connectivity index (χ3n) is 4.47. The van der Waals surface area contributed by atoms with Gasteiger partial charge in [0, 0.05) is 23.7 Å². The number of nitrogens with zero attached hydrogens (tertiary/aromatic N) is 2. The molecule has 114 valence electrons. The Kier molecular flexibility index (Phi) is 4.23. The van der Waals surface area contributed by atoms with Crippen molar-refractivity contribution in [2.24, 2.45) is 5.92 Å². The first-order chi connectivity index (χ1) is 9.70. The topological polar surface area (TPSA) is 41.3 Å². The summed E-state index contributed by atoms with van der Waals surface area (Å²) < 4.78 is 5.34. The van der Waals surface area contributed by atoms with Crippen LogP contribution in [0.5, 0.6) is 0 Å². The van der Waals surface area contributed by atoms with Gasteiger partial charge >= 0.3 is 0 Å². The Labute approximate surface area is 139 Å². The van der Waals surface area contributed by atoms with E-state index in [1.807, 2.05) is 0 Å². The summed E-state index contributed by atoms with van der Waals surface area (Å²) in [5, 5.41) is 9.62. The van der Waals surface area contributed by atoms with Crippen LogP contribution in [0, 0.1) is 5.92 Å². The van der Waals surface area contributed by atoms with Crippen molar-refractivity contribution in [3.63, 3.8) is 0 Å². The number of piperidine rings is 3. The van der Waals surface area contributed by atoms with E-state index in [2.05, 4.69) is 15.4 Å². The Bertz CT molecular complexity index is 652. The Balaban J connectivity index is 0.00000132. The van der Waals surface area contributed by atoms with E-state index in [1.54, 1.807) is 12.1 Å². The van der Waals surface area contributed by atoms with E-state index >= 15 is 0 Å². The average molecular weight is 349 g/mol. The average Bonchev–Trinajstić information content (AvgIpc) is 2.83. The summed E-state index contributed by atoms with van der Waals surface area (Å²) in [6.07, 6.45) is 2.51. The van der Waals surface area contributed by atoms with Crippen LogP contribution in [-0.4, -0.2) is 35.7 Å². The lowest BCUT2D eigenvalue weighted by molar-refractivity contribution is 0.0973. The minimum Gasteiger partial charge on any atom is -0.362 e. The molecule has 1 N–H and O–H groups in total. The molecule has 0 aliphatic carbocycles. The molecular weight excluding hydrogens is 333 g/mol. The fourth-order valence-corrected chi connectivity index (χ4v) is 3.96. The molecule has 0 unspecified atom stereocenters. The van der Waals surface area contributed by atoms with E-state index in [0.717, 1.165) is 23.7 Å². The Morgan fingerprint density at radius 3 is 2.67 bits per heavy atom. The third kappa shape index (κ3) is 2.70. The number of benzene rings is 1. The summed E-state index contributed by atoms with van der Waals surface area (Å²) in [7, 11) is 0. The number of anilines is 1. The Morgan fingerprint density at radius 1 is 1.24 bits per heavy atom. The first kappa shape index (κ1) is 15.2. The van der Waals surface area contributed by atoms with E-state index in [9.17, 15) is 0 Å². The van der Waals surface area contributed by atoms with E-state index in [0.29, 0.717) is 21.7 Å². The highest BCUT2D eigenvalue weighted by molar-refractivity contribution is 6.39. The van der Waals surface area contributed by atoms with Crippen LogP contribution in [0.15, 0.2) is 16.7 Å². The van der Waals surface area contributed by atoms with Gasteiger partial charge in [-0.15, -0.1) is 12.4 Å². The normalized spacial score (nSPS) is 27.6. The molecule has 0 spiro atoms. The zero-order valence-electron chi connectivity index (χ0n) is 11.3. The van der Waals surface area contributed by atoms with E-state index in [1.165, 1.54) is 25.9 Å². The van der Waals surface area contributed by atoms with Gasteiger partial charge in [0.15, 0.2) is 11.4 Å². The van der Waals surface area contributed by atoms with E-state index in [-0.39, 0.29) is 12.4 Å². The zero-order valence-corrected chi connectivity index (χ0v) is 13.6. The maximum Gasteiger partial charge on any atom is 0.179 e. The van der Waals surface area contributed by atoms with Crippen molar-refractivity contribution in [3.8, 4) is 0 Å². The summed E-state index contributed by atoms with van der Waals surface area (Å²) >= 11 is 12.2. The molecule has 4 nitrogen and oxygen atoms in total. The van der Waals surface area contributed by atoms with Crippen LogP contribution < -0.4 is 5.32 Å². The number of hydrogen-bond donors (Lipinski definition) is 1. The Morgan fingerprint density at radius 2 is 2.00 bits per heavy atom. The molecule has 4 heterocycles. The number of rotatable bonds is 2. The second-order valence-electron chi connectivity index (χ2n) is 5.68. The van der Waals surface area contributed by atoms with Gasteiger partial charge in [0.05, 0.1) is 10.4 Å². The van der Waals surface area contributed by atoms with Gasteiger partial charge in [-0.3, -0.25) is 0 Å². The maximum absolute atomic E-state index is 6.27. The van der Waals surface area contributed by atoms with Crippen LogP contribution in [0.3, 0.4) is 0 Å². The van der Waals surface area contributed by atoms with Crippen molar-refractivity contribution in [2.75, 3.05) is 25.0 Å². The summed E-state index contributed by atoms with van der Waals surface area (Å²) in [5.41, 5.74) is 0.631. The van der Waals surface area contributed by atoms with Crippen LogP contribution in [0.1, 0.15) is 12.8 Å². The largest absolute Gasteiger partial charge is 0.362 e. The minimum absolute atomic E-state index is 0. The van der Waals surface area contributed by atoms with Crippen molar-refractivity contribution in [2.45, 2.75) is 18.9 Å². The van der Waals surface area contributed by atoms with Crippen molar-refractivity contribution in [3.05, 3.63) is 22.2 Å². The molecule has 3 fully saturated rings. The van der Waals surface area contributed by atoms with Crippen LogP contribution in [0.25, 0.3) is 11.0 Å².